The van der Waals surface area contributed by atoms with Crippen LogP contribution >= 0.6 is 0 Å². The van der Waals surface area contributed by atoms with E-state index in [1.807, 2.05) is 43.5 Å². The molecule has 2 amide bonds. The predicted octanol–water partition coefficient (Wildman–Crippen LogP) is -1.91. The number of aliphatic imine (C=N–C) groups is 2. The lowest BCUT2D eigenvalue weighted by Gasteiger charge is -2.28. The second-order valence-corrected chi connectivity index (χ2v) is 12.6. The third kappa shape index (κ3) is 4.83. The van der Waals surface area contributed by atoms with Gasteiger partial charge >= 0.3 is 0 Å². The van der Waals surface area contributed by atoms with Crippen molar-refractivity contribution in [2.45, 2.75) is 77.1 Å². The lowest BCUT2D eigenvalue weighted by molar-refractivity contribution is -0.618. The first kappa shape index (κ1) is 28.0. The van der Waals surface area contributed by atoms with E-state index in [-0.39, 0.29) is 59.5 Å². The zero-order chi connectivity index (χ0) is 29.3. The van der Waals surface area contributed by atoms with Gasteiger partial charge < -0.3 is 26.8 Å². The van der Waals surface area contributed by atoms with Crippen LogP contribution in [-0.4, -0.2) is 105 Å². The summed E-state index contributed by atoms with van der Waals surface area (Å²) in [5.41, 5.74) is 12.1. The molecule has 9 atom stereocenters. The minimum absolute atomic E-state index is 0.0845. The topological polar surface area (TPSA) is 201 Å². The number of nitrogens with two attached hydrogens (primary N) is 2. The highest BCUT2D eigenvalue weighted by Gasteiger charge is 2.58. The number of amides is 2. The minimum Gasteiger partial charge on any atom is -0.392 e. The average Bonchev–Trinajstić information content (AvgIpc) is 3.33. The molecule has 0 saturated heterocycles. The van der Waals surface area contributed by atoms with E-state index in [1.165, 1.54) is 0 Å². The van der Waals surface area contributed by atoms with Crippen LogP contribution in [0.15, 0.2) is 21.8 Å². The Balaban J connectivity index is 0.000000165. The number of carbonyl (C=O) groups is 2. The zero-order valence-electron chi connectivity index (χ0n) is 23.9. The molecule has 0 aromatic heterocycles. The van der Waals surface area contributed by atoms with Crippen molar-refractivity contribution in [2.24, 2.45) is 45.1 Å². The summed E-state index contributed by atoms with van der Waals surface area (Å²) in [7, 11) is 1.92. The van der Waals surface area contributed by atoms with Crippen LogP contribution in [0.3, 0.4) is 0 Å². The van der Waals surface area contributed by atoms with Crippen LogP contribution in [0.4, 0.5) is 0 Å². The number of rotatable bonds is 3. The lowest BCUT2D eigenvalue weighted by Crippen LogP contribution is -2.58. The van der Waals surface area contributed by atoms with Gasteiger partial charge in [0.2, 0.25) is 24.5 Å². The van der Waals surface area contributed by atoms with E-state index in [4.69, 9.17) is 16.9 Å². The second kappa shape index (κ2) is 9.84. The average molecular weight is 557 g/mol. The molecule has 6 aliphatic rings. The summed E-state index contributed by atoms with van der Waals surface area (Å²) in [5.74, 6) is 1.39. The van der Waals surface area contributed by atoms with Gasteiger partial charge in [0.25, 0.3) is 5.91 Å². The Morgan fingerprint density at radius 1 is 1.20 bits per heavy atom. The molecule has 0 spiro atoms. The number of carbonyl (C=O) groups excluding carboxylic acids is 2. The number of nitrogens with one attached hydrogen (secondary N) is 4. The summed E-state index contributed by atoms with van der Waals surface area (Å²) >= 11 is 0. The predicted molar refractivity (Wildman–Crippen MR) is 150 cm³/mol. The van der Waals surface area contributed by atoms with Gasteiger partial charge in [-0.05, 0) is 50.5 Å². The summed E-state index contributed by atoms with van der Waals surface area (Å²) in [6, 6.07) is -0.181. The molecule has 0 aromatic rings. The van der Waals surface area contributed by atoms with Crippen molar-refractivity contribution < 1.29 is 19.3 Å². The van der Waals surface area contributed by atoms with Gasteiger partial charge in [0, 0.05) is 32.8 Å². The van der Waals surface area contributed by atoms with E-state index >= 15 is 0 Å². The van der Waals surface area contributed by atoms with Crippen LogP contribution in [0.2, 0.25) is 0 Å². The Labute approximate surface area is 234 Å². The number of nitrogens with zero attached hydrogens (tertiary/aromatic N) is 5. The molecule has 0 bridgehead atoms. The molecule has 2 fully saturated rings. The highest BCUT2D eigenvalue weighted by Crippen LogP contribution is 2.54. The fourth-order valence-corrected chi connectivity index (χ4v) is 6.66. The molecule has 40 heavy (non-hydrogen) atoms. The molecule has 4 aliphatic heterocycles. The van der Waals surface area contributed by atoms with E-state index < -0.39 is 6.04 Å². The fraction of sp³-hybridized carbons (Fsp3) is 0.692. The van der Waals surface area contributed by atoms with Gasteiger partial charge in [0.15, 0.2) is 17.8 Å². The maximum atomic E-state index is 12.2. The molecule has 9 N–H and O–H groups in total. The van der Waals surface area contributed by atoms with Gasteiger partial charge in [-0.2, -0.15) is 0 Å². The standard InChI is InChI=1S/C15H23N5O2.C11H18N6O/c1-6-11(8-3-9(8)12(6)21)17-4-7-5-20(2)13-10(7)14(22)19-15(16)18-13;1-6(12)16-5-17(11(2,3)4)8-7(16)9(18)15-10(13)14-8/h5-6,8-13,17,21H,3-4H2,1-2H3,(H3,16,18,19,22);5,7-8,12H,1-4H3,(H2-,13,14,15,18)/p+1. The maximum absolute atomic E-state index is 12.2. The molecule has 2 saturated carbocycles. The molecule has 0 radical (unpaired) electrons. The third-order valence-corrected chi connectivity index (χ3v) is 8.80. The first-order valence-corrected chi connectivity index (χ1v) is 13.8. The molecule has 0 aromatic carbocycles. The van der Waals surface area contributed by atoms with Crippen LogP contribution < -0.4 is 27.4 Å². The maximum Gasteiger partial charge on any atom is 0.278 e. The quantitative estimate of drug-likeness (QED) is 0.118. The number of hydrogen-bond donors (Lipinski definition) is 7. The molecule has 6 rings (SSSR count). The van der Waals surface area contributed by atoms with E-state index in [0.29, 0.717) is 30.3 Å². The molecule has 4 heterocycles. The van der Waals surface area contributed by atoms with E-state index in [9.17, 15) is 14.7 Å². The Kier molecular flexibility index (Phi) is 6.89. The first-order chi connectivity index (χ1) is 18.7. The smallest absolute Gasteiger partial charge is 0.278 e. The van der Waals surface area contributed by atoms with Gasteiger partial charge in [0.05, 0.1) is 11.6 Å². The van der Waals surface area contributed by atoms with Gasteiger partial charge in [-0.3, -0.25) is 25.6 Å². The van der Waals surface area contributed by atoms with Gasteiger partial charge in [0.1, 0.15) is 12.1 Å². The summed E-state index contributed by atoms with van der Waals surface area (Å²) in [4.78, 5) is 36.4. The SMILES string of the molecule is CC(=N)N1C=[N+](C(C)(C)C)C2N=C(N)NC(=O)C21.CC1C(O)C2CC2C1NCC1=CN(C)C2N=C(N)NC(=O)C12. The number of guanidine groups is 2. The van der Waals surface area contributed by atoms with Crippen molar-refractivity contribution >= 4 is 35.9 Å². The summed E-state index contributed by atoms with van der Waals surface area (Å²) < 4.78 is 1.96. The second-order valence-electron chi connectivity index (χ2n) is 12.6. The summed E-state index contributed by atoms with van der Waals surface area (Å²) in [6.45, 7) is 10.5. The highest BCUT2D eigenvalue weighted by atomic mass is 16.3. The van der Waals surface area contributed by atoms with E-state index in [2.05, 4.69) is 32.9 Å². The van der Waals surface area contributed by atoms with Crippen molar-refractivity contribution in [1.82, 2.24) is 25.8 Å². The van der Waals surface area contributed by atoms with Crippen LogP contribution in [0, 0.1) is 29.1 Å². The van der Waals surface area contributed by atoms with Crippen LogP contribution in [0.5, 0.6) is 0 Å². The van der Waals surface area contributed by atoms with Crippen molar-refractivity contribution in [3.63, 3.8) is 0 Å². The van der Waals surface area contributed by atoms with Crippen LogP contribution in [0.25, 0.3) is 0 Å². The van der Waals surface area contributed by atoms with Crippen LogP contribution in [0.1, 0.15) is 41.0 Å². The molecular formula is C26H42N11O3+. The fourth-order valence-electron chi connectivity index (χ4n) is 6.66. The highest BCUT2D eigenvalue weighted by molar-refractivity contribution is 6.05. The Bertz CT molecular complexity index is 1230. The molecule has 2 aliphatic carbocycles. The number of aliphatic hydroxyl groups excluding tert-OH is 1. The van der Waals surface area contributed by atoms with E-state index in [1.54, 1.807) is 18.2 Å². The molecule has 14 nitrogen and oxygen atoms in total. The largest absolute Gasteiger partial charge is 0.392 e. The molecule has 9 unspecified atom stereocenters. The zero-order valence-corrected chi connectivity index (χ0v) is 23.9. The Morgan fingerprint density at radius 3 is 2.45 bits per heavy atom. The van der Waals surface area contributed by atoms with Gasteiger partial charge in [-0.1, -0.05) is 6.92 Å². The van der Waals surface area contributed by atoms with Gasteiger partial charge in [-0.25, -0.2) is 19.5 Å². The van der Waals surface area contributed by atoms with Crippen molar-refractivity contribution in [3.05, 3.63) is 11.8 Å². The number of hydrogen-bond acceptors (Lipinski definition) is 10. The third-order valence-electron chi connectivity index (χ3n) is 8.80. The Morgan fingerprint density at radius 2 is 1.85 bits per heavy atom. The van der Waals surface area contributed by atoms with Crippen molar-refractivity contribution in [2.75, 3.05) is 13.6 Å². The first-order valence-electron chi connectivity index (χ1n) is 13.8. The monoisotopic (exact) mass is 556 g/mol. The number of fused-ring (bicyclic) bond motifs is 3. The normalized spacial score (nSPS) is 37.5. The number of aliphatic hydroxyl groups is 1. The lowest BCUT2D eigenvalue weighted by atomic mass is 9.95. The summed E-state index contributed by atoms with van der Waals surface area (Å²) in [5, 5.41) is 26.6. The molecular weight excluding hydrogens is 514 g/mol. The van der Waals surface area contributed by atoms with E-state index in [0.717, 1.165) is 12.0 Å². The van der Waals surface area contributed by atoms with Crippen molar-refractivity contribution in [3.8, 4) is 0 Å². The van der Waals surface area contributed by atoms with Crippen LogP contribution in [-0.2, 0) is 9.59 Å². The number of amidine groups is 1. The summed E-state index contributed by atoms with van der Waals surface area (Å²) in [6.07, 6.45) is 4.10. The minimum atomic E-state index is -0.519. The molecule has 218 valence electrons. The van der Waals surface area contributed by atoms with Crippen molar-refractivity contribution in [1.29, 1.82) is 5.41 Å². The van der Waals surface area contributed by atoms with Gasteiger partial charge in [-0.15, -0.1) is 0 Å². The Hall–Kier alpha value is -3.52. The molecule has 14 heteroatoms.